The largest absolute Gasteiger partial charge is 0.323 e. The standard InChI is InChI=1S/C20H19N2/c1-14-6-7-17-16(13-14)8-11-21(3)20(17)18-9-12-22-10-4-5-15(2)19(18)22/h4-13H,1-3H3/q+1. The fourth-order valence-corrected chi connectivity index (χ4v) is 3.37. The molecule has 3 aromatic heterocycles. The van der Waals surface area contributed by atoms with Crippen LogP contribution in [-0.2, 0) is 7.05 Å². The van der Waals surface area contributed by atoms with E-state index < -0.39 is 0 Å². The highest BCUT2D eigenvalue weighted by Crippen LogP contribution is 2.31. The molecule has 0 saturated heterocycles. The molecule has 108 valence electrons. The van der Waals surface area contributed by atoms with Gasteiger partial charge in [0.1, 0.15) is 7.05 Å². The molecule has 4 rings (SSSR count). The van der Waals surface area contributed by atoms with Crippen molar-refractivity contribution in [2.24, 2.45) is 7.05 Å². The Balaban J connectivity index is 2.14. The van der Waals surface area contributed by atoms with Gasteiger partial charge in [0.15, 0.2) is 6.20 Å². The number of rotatable bonds is 1. The zero-order chi connectivity index (χ0) is 15.3. The van der Waals surface area contributed by atoms with Crippen LogP contribution in [0.1, 0.15) is 11.1 Å². The van der Waals surface area contributed by atoms with Crippen molar-refractivity contribution in [3.63, 3.8) is 0 Å². The maximum Gasteiger partial charge on any atom is 0.222 e. The molecule has 0 amide bonds. The zero-order valence-electron chi connectivity index (χ0n) is 13.2. The third kappa shape index (κ3) is 1.84. The van der Waals surface area contributed by atoms with Crippen LogP contribution in [0.2, 0.25) is 0 Å². The SMILES string of the molecule is Cc1ccc2c(-c3ccn4cccc(C)c34)[n+](C)ccc2c1. The topological polar surface area (TPSA) is 8.29 Å². The lowest BCUT2D eigenvalue weighted by molar-refractivity contribution is -0.659. The van der Waals surface area contributed by atoms with Gasteiger partial charge in [0.25, 0.3) is 0 Å². The Morgan fingerprint density at radius 2 is 1.82 bits per heavy atom. The van der Waals surface area contributed by atoms with Crippen LogP contribution < -0.4 is 4.57 Å². The lowest BCUT2D eigenvalue weighted by atomic mass is 10.0. The van der Waals surface area contributed by atoms with Gasteiger partial charge in [-0.3, -0.25) is 0 Å². The normalized spacial score (nSPS) is 11.4. The third-order valence-corrected chi connectivity index (χ3v) is 4.43. The molecule has 2 heteroatoms. The van der Waals surface area contributed by atoms with Crippen molar-refractivity contribution in [2.45, 2.75) is 13.8 Å². The summed E-state index contributed by atoms with van der Waals surface area (Å²) in [7, 11) is 2.12. The van der Waals surface area contributed by atoms with Gasteiger partial charge in [-0.2, -0.15) is 0 Å². The Labute approximate surface area is 130 Å². The van der Waals surface area contributed by atoms with Crippen molar-refractivity contribution < 1.29 is 4.57 Å². The highest BCUT2D eigenvalue weighted by Gasteiger charge is 2.19. The van der Waals surface area contributed by atoms with Crippen molar-refractivity contribution >= 4 is 16.3 Å². The van der Waals surface area contributed by atoms with E-state index >= 15 is 0 Å². The van der Waals surface area contributed by atoms with Gasteiger partial charge in [-0.05, 0) is 43.0 Å². The number of nitrogens with zero attached hydrogens (tertiary/aromatic N) is 2. The Morgan fingerprint density at radius 3 is 2.68 bits per heavy atom. The first-order valence-electron chi connectivity index (χ1n) is 7.61. The highest BCUT2D eigenvalue weighted by atomic mass is 14.9. The summed E-state index contributed by atoms with van der Waals surface area (Å²) in [6.07, 6.45) is 6.41. The molecule has 0 bridgehead atoms. The maximum atomic E-state index is 2.25. The zero-order valence-corrected chi connectivity index (χ0v) is 13.2. The van der Waals surface area contributed by atoms with E-state index in [1.165, 1.54) is 38.7 Å². The molecule has 0 fully saturated rings. The predicted molar refractivity (Wildman–Crippen MR) is 91.0 cm³/mol. The Hall–Kier alpha value is -2.61. The first-order valence-corrected chi connectivity index (χ1v) is 7.61. The summed E-state index contributed by atoms with van der Waals surface area (Å²) < 4.78 is 4.43. The van der Waals surface area contributed by atoms with Crippen molar-refractivity contribution in [3.8, 4) is 11.3 Å². The fourth-order valence-electron chi connectivity index (χ4n) is 3.37. The smallest absolute Gasteiger partial charge is 0.222 e. The number of aryl methyl sites for hydroxylation is 3. The highest BCUT2D eigenvalue weighted by molar-refractivity contribution is 5.97. The number of aromatic nitrogens is 2. The van der Waals surface area contributed by atoms with Crippen LogP contribution in [-0.4, -0.2) is 4.40 Å². The molecule has 4 aromatic rings. The minimum Gasteiger partial charge on any atom is -0.323 e. The minimum atomic E-state index is 1.27. The molecule has 0 aliphatic heterocycles. The van der Waals surface area contributed by atoms with Crippen LogP contribution >= 0.6 is 0 Å². The van der Waals surface area contributed by atoms with Gasteiger partial charge in [-0.15, -0.1) is 0 Å². The summed E-state index contributed by atoms with van der Waals surface area (Å²) in [6.45, 7) is 4.32. The molecule has 0 N–H and O–H groups in total. The molecule has 0 aliphatic rings. The number of hydrogen-bond acceptors (Lipinski definition) is 0. The van der Waals surface area contributed by atoms with E-state index in [1.54, 1.807) is 0 Å². The summed E-state index contributed by atoms with van der Waals surface area (Å²) in [4.78, 5) is 0. The number of pyridine rings is 2. The van der Waals surface area contributed by atoms with Gasteiger partial charge in [0.2, 0.25) is 5.69 Å². The van der Waals surface area contributed by atoms with Crippen LogP contribution in [0.15, 0.2) is 61.1 Å². The average Bonchev–Trinajstić information content (AvgIpc) is 2.92. The molecule has 1 aromatic carbocycles. The minimum absolute atomic E-state index is 1.27. The third-order valence-electron chi connectivity index (χ3n) is 4.43. The summed E-state index contributed by atoms with van der Waals surface area (Å²) in [6, 6.07) is 15.4. The second kappa shape index (κ2) is 4.70. The van der Waals surface area contributed by atoms with E-state index in [-0.39, 0.29) is 0 Å². The lowest BCUT2D eigenvalue weighted by Crippen LogP contribution is -2.30. The summed E-state index contributed by atoms with van der Waals surface area (Å²) >= 11 is 0. The van der Waals surface area contributed by atoms with Crippen LogP contribution in [0.4, 0.5) is 0 Å². The lowest BCUT2D eigenvalue weighted by Gasteiger charge is -2.07. The van der Waals surface area contributed by atoms with Crippen molar-refractivity contribution in [3.05, 3.63) is 72.2 Å². The number of hydrogen-bond donors (Lipinski definition) is 0. The van der Waals surface area contributed by atoms with Gasteiger partial charge >= 0.3 is 0 Å². The molecule has 0 spiro atoms. The van der Waals surface area contributed by atoms with E-state index in [2.05, 4.69) is 90.9 Å². The summed E-state index contributed by atoms with van der Waals surface area (Å²) in [5.74, 6) is 0. The molecule has 0 atom stereocenters. The first-order chi connectivity index (χ1) is 10.6. The van der Waals surface area contributed by atoms with Crippen molar-refractivity contribution in [1.82, 2.24) is 4.40 Å². The second-order valence-corrected chi connectivity index (χ2v) is 6.04. The molecule has 0 unspecified atom stereocenters. The van der Waals surface area contributed by atoms with Gasteiger partial charge in [-0.25, -0.2) is 4.57 Å². The van der Waals surface area contributed by atoms with E-state index in [0.29, 0.717) is 0 Å². The van der Waals surface area contributed by atoms with Gasteiger partial charge in [0, 0.05) is 18.5 Å². The Bertz CT molecular complexity index is 1010. The monoisotopic (exact) mass is 287 g/mol. The van der Waals surface area contributed by atoms with Gasteiger partial charge < -0.3 is 4.40 Å². The second-order valence-electron chi connectivity index (χ2n) is 6.04. The first kappa shape index (κ1) is 13.1. The van der Waals surface area contributed by atoms with Crippen molar-refractivity contribution in [2.75, 3.05) is 0 Å². The van der Waals surface area contributed by atoms with E-state index in [1.807, 2.05) is 0 Å². The van der Waals surface area contributed by atoms with Crippen LogP contribution in [0.3, 0.4) is 0 Å². The molecule has 22 heavy (non-hydrogen) atoms. The molecular weight excluding hydrogens is 268 g/mol. The predicted octanol–water partition coefficient (Wildman–Crippen LogP) is 4.20. The summed E-state index contributed by atoms with van der Waals surface area (Å²) in [5, 5.41) is 2.59. The molecule has 0 aliphatic carbocycles. The molecule has 2 nitrogen and oxygen atoms in total. The van der Waals surface area contributed by atoms with Crippen LogP contribution in [0, 0.1) is 13.8 Å². The average molecular weight is 287 g/mol. The number of fused-ring (bicyclic) bond motifs is 2. The number of benzene rings is 1. The molecular formula is C20H19N2+. The van der Waals surface area contributed by atoms with Gasteiger partial charge in [0.05, 0.1) is 16.5 Å². The fraction of sp³-hybridized carbons (Fsp3) is 0.150. The van der Waals surface area contributed by atoms with E-state index in [9.17, 15) is 0 Å². The Kier molecular flexibility index (Phi) is 2.80. The summed E-state index contributed by atoms with van der Waals surface area (Å²) in [5.41, 5.74) is 6.44. The maximum absolute atomic E-state index is 2.25. The van der Waals surface area contributed by atoms with Crippen molar-refractivity contribution in [1.29, 1.82) is 0 Å². The van der Waals surface area contributed by atoms with Crippen LogP contribution in [0.25, 0.3) is 27.5 Å². The van der Waals surface area contributed by atoms with E-state index in [4.69, 9.17) is 0 Å². The van der Waals surface area contributed by atoms with Gasteiger partial charge in [-0.1, -0.05) is 23.8 Å². The van der Waals surface area contributed by atoms with Crippen LogP contribution in [0.5, 0.6) is 0 Å². The quantitative estimate of drug-likeness (QED) is 0.464. The molecule has 0 saturated carbocycles. The van der Waals surface area contributed by atoms with E-state index in [0.717, 1.165) is 0 Å². The molecule has 3 heterocycles. The Morgan fingerprint density at radius 1 is 0.955 bits per heavy atom. The molecule has 0 radical (unpaired) electrons.